The molecule has 1 aliphatic heterocycles. The Balaban J connectivity index is 2.16. The van der Waals surface area contributed by atoms with Crippen LogP contribution in [0, 0.1) is 0 Å². The van der Waals surface area contributed by atoms with E-state index in [1.165, 1.54) is 17.9 Å². The van der Waals surface area contributed by atoms with Gasteiger partial charge in [-0.1, -0.05) is 29.3 Å². The Kier molecular flexibility index (Phi) is 7.13. The van der Waals surface area contributed by atoms with Crippen LogP contribution < -0.4 is 10.6 Å². The van der Waals surface area contributed by atoms with Gasteiger partial charge in [0, 0.05) is 28.2 Å². The Morgan fingerprint density at radius 1 is 1.28 bits per heavy atom. The lowest BCUT2D eigenvalue weighted by atomic mass is 9.92. The van der Waals surface area contributed by atoms with E-state index in [2.05, 4.69) is 10.6 Å². The maximum atomic E-state index is 13.0. The fourth-order valence-electron chi connectivity index (χ4n) is 3.07. The summed E-state index contributed by atoms with van der Waals surface area (Å²) in [7, 11) is 0. The van der Waals surface area contributed by atoms with E-state index < -0.39 is 29.9 Å². The van der Waals surface area contributed by atoms with Crippen molar-refractivity contribution in [3.05, 3.63) is 33.8 Å². The van der Waals surface area contributed by atoms with Gasteiger partial charge in [-0.2, -0.15) is 0 Å². The minimum atomic E-state index is -1.43. The second kappa shape index (κ2) is 9.00. The fraction of sp³-hybridized carbons (Fsp3) is 0.474. The molecule has 2 N–H and O–H groups in total. The van der Waals surface area contributed by atoms with Gasteiger partial charge >= 0.3 is 6.03 Å². The van der Waals surface area contributed by atoms with Crippen molar-refractivity contribution in [2.45, 2.75) is 39.3 Å². The van der Waals surface area contributed by atoms with Gasteiger partial charge in [-0.15, -0.1) is 0 Å². The van der Waals surface area contributed by atoms with Gasteiger partial charge in [-0.25, -0.2) is 4.79 Å². The number of hydrogen-bond donors (Lipinski definition) is 2. The third-order valence-electron chi connectivity index (χ3n) is 4.56. The molecule has 0 aliphatic carbocycles. The molecule has 8 nitrogen and oxygen atoms in total. The van der Waals surface area contributed by atoms with Crippen LogP contribution in [0.1, 0.15) is 33.3 Å². The molecule has 10 heteroatoms. The van der Waals surface area contributed by atoms with Crippen LogP contribution in [0.25, 0.3) is 0 Å². The zero-order valence-electron chi connectivity index (χ0n) is 16.7. The molecule has 2 rings (SSSR count). The second-order valence-corrected chi connectivity index (χ2v) is 8.04. The zero-order valence-corrected chi connectivity index (χ0v) is 18.2. The van der Waals surface area contributed by atoms with Crippen molar-refractivity contribution in [2.75, 3.05) is 19.6 Å². The topological polar surface area (TPSA) is 98.8 Å². The number of urea groups is 1. The van der Waals surface area contributed by atoms with Crippen molar-refractivity contribution in [1.29, 1.82) is 0 Å². The standard InChI is InChI=1S/C19H24Cl2N4O4/c1-5-24(9-15(26)22-11(2)3)16(27)10-25-17(28)19(4,23-18(25)29)13-7-6-12(20)8-14(13)21/h6-8,11H,5,9-10H2,1-4H3,(H,22,26)(H,23,29). The van der Waals surface area contributed by atoms with Crippen LogP contribution in [0.3, 0.4) is 0 Å². The molecule has 1 atom stereocenters. The predicted octanol–water partition coefficient (Wildman–Crippen LogP) is 2.13. The molecular weight excluding hydrogens is 419 g/mol. The average Bonchev–Trinajstić information content (AvgIpc) is 2.82. The molecule has 0 bridgehead atoms. The Bertz CT molecular complexity index is 845. The fourth-order valence-corrected chi connectivity index (χ4v) is 3.67. The summed E-state index contributed by atoms with van der Waals surface area (Å²) in [6.45, 7) is 6.47. The van der Waals surface area contributed by atoms with Crippen LogP contribution in [0.15, 0.2) is 18.2 Å². The summed E-state index contributed by atoms with van der Waals surface area (Å²) >= 11 is 12.1. The third-order valence-corrected chi connectivity index (χ3v) is 5.10. The molecule has 158 valence electrons. The van der Waals surface area contributed by atoms with Gasteiger partial charge in [0.05, 0.1) is 6.54 Å². The Morgan fingerprint density at radius 3 is 2.48 bits per heavy atom. The number of halogens is 2. The highest BCUT2D eigenvalue weighted by Crippen LogP contribution is 2.34. The van der Waals surface area contributed by atoms with Crippen molar-refractivity contribution in [1.82, 2.24) is 20.4 Å². The first kappa shape index (κ1) is 23.0. The highest BCUT2D eigenvalue weighted by molar-refractivity contribution is 6.35. The lowest BCUT2D eigenvalue weighted by molar-refractivity contribution is -0.140. The maximum absolute atomic E-state index is 13.0. The maximum Gasteiger partial charge on any atom is 0.325 e. The molecule has 0 spiro atoms. The van der Waals surface area contributed by atoms with Crippen LogP contribution in [0.5, 0.6) is 0 Å². The average molecular weight is 443 g/mol. The predicted molar refractivity (Wildman–Crippen MR) is 110 cm³/mol. The minimum absolute atomic E-state index is 0.0629. The van der Waals surface area contributed by atoms with Gasteiger partial charge in [0.1, 0.15) is 12.1 Å². The van der Waals surface area contributed by atoms with Gasteiger partial charge < -0.3 is 15.5 Å². The van der Waals surface area contributed by atoms with Gasteiger partial charge in [0.2, 0.25) is 11.8 Å². The van der Waals surface area contributed by atoms with Crippen molar-refractivity contribution < 1.29 is 19.2 Å². The van der Waals surface area contributed by atoms with Crippen molar-refractivity contribution in [3.8, 4) is 0 Å². The normalized spacial score (nSPS) is 18.8. The summed E-state index contributed by atoms with van der Waals surface area (Å²) in [5, 5.41) is 5.91. The molecule has 0 radical (unpaired) electrons. The van der Waals surface area contributed by atoms with Crippen molar-refractivity contribution >= 4 is 47.0 Å². The van der Waals surface area contributed by atoms with E-state index in [-0.39, 0.29) is 30.1 Å². The van der Waals surface area contributed by atoms with Gasteiger partial charge in [0.25, 0.3) is 5.91 Å². The van der Waals surface area contributed by atoms with E-state index in [9.17, 15) is 19.2 Å². The largest absolute Gasteiger partial charge is 0.352 e. The third kappa shape index (κ3) is 5.00. The summed E-state index contributed by atoms with van der Waals surface area (Å²) in [4.78, 5) is 52.1. The molecule has 1 aromatic carbocycles. The summed E-state index contributed by atoms with van der Waals surface area (Å²) in [6.07, 6.45) is 0. The summed E-state index contributed by atoms with van der Waals surface area (Å²) < 4.78 is 0. The van der Waals surface area contributed by atoms with Gasteiger partial charge in [0.15, 0.2) is 0 Å². The summed E-state index contributed by atoms with van der Waals surface area (Å²) in [6, 6.07) is 3.82. The molecule has 0 saturated carbocycles. The number of amides is 5. The molecule has 1 unspecified atom stereocenters. The minimum Gasteiger partial charge on any atom is -0.352 e. The zero-order chi connectivity index (χ0) is 21.9. The Labute approximate surface area is 179 Å². The quantitative estimate of drug-likeness (QED) is 0.631. The van der Waals surface area contributed by atoms with Gasteiger partial charge in [-0.05, 0) is 39.8 Å². The highest BCUT2D eigenvalue weighted by Gasteiger charge is 2.50. The number of nitrogens with zero attached hydrogens (tertiary/aromatic N) is 2. The van der Waals surface area contributed by atoms with E-state index in [4.69, 9.17) is 23.2 Å². The van der Waals surface area contributed by atoms with E-state index in [0.717, 1.165) is 4.90 Å². The smallest absolute Gasteiger partial charge is 0.325 e. The first-order chi connectivity index (χ1) is 13.5. The molecule has 5 amide bonds. The molecular formula is C19H24Cl2N4O4. The number of imide groups is 1. The summed E-state index contributed by atoms with van der Waals surface area (Å²) in [5.41, 5.74) is -1.05. The Morgan fingerprint density at radius 2 is 1.93 bits per heavy atom. The van der Waals surface area contributed by atoms with Crippen LogP contribution in [-0.4, -0.2) is 59.2 Å². The van der Waals surface area contributed by atoms with E-state index in [1.807, 2.05) is 13.8 Å². The summed E-state index contributed by atoms with van der Waals surface area (Å²) in [5.74, 6) is -1.44. The number of rotatable bonds is 7. The van der Waals surface area contributed by atoms with Crippen LogP contribution in [-0.2, 0) is 19.9 Å². The molecule has 29 heavy (non-hydrogen) atoms. The Hall–Kier alpha value is -2.32. The SMILES string of the molecule is CCN(CC(=O)NC(C)C)C(=O)CN1C(=O)NC(C)(c2ccc(Cl)cc2Cl)C1=O. The molecule has 1 aromatic rings. The molecule has 1 heterocycles. The van der Waals surface area contributed by atoms with Crippen LogP contribution in [0.2, 0.25) is 10.0 Å². The molecule has 1 aliphatic rings. The van der Waals surface area contributed by atoms with Gasteiger partial charge in [-0.3, -0.25) is 19.3 Å². The second-order valence-electron chi connectivity index (χ2n) is 7.20. The highest BCUT2D eigenvalue weighted by atomic mass is 35.5. The number of nitrogens with one attached hydrogen (secondary N) is 2. The van der Waals surface area contributed by atoms with Crippen LogP contribution >= 0.6 is 23.2 Å². The van der Waals surface area contributed by atoms with E-state index >= 15 is 0 Å². The van der Waals surface area contributed by atoms with Crippen molar-refractivity contribution in [3.63, 3.8) is 0 Å². The van der Waals surface area contributed by atoms with Crippen molar-refractivity contribution in [2.24, 2.45) is 0 Å². The lowest BCUT2D eigenvalue weighted by Gasteiger charge is -2.25. The molecule has 0 aromatic heterocycles. The monoisotopic (exact) mass is 442 g/mol. The number of hydrogen-bond acceptors (Lipinski definition) is 4. The number of carbonyl (C=O) groups is 4. The van der Waals surface area contributed by atoms with E-state index in [0.29, 0.717) is 10.6 Å². The molecule has 1 fully saturated rings. The number of benzene rings is 1. The lowest BCUT2D eigenvalue weighted by Crippen LogP contribution is -2.48. The number of likely N-dealkylation sites (N-methyl/N-ethyl adjacent to an activating group) is 1. The van der Waals surface area contributed by atoms with E-state index in [1.54, 1.807) is 19.1 Å². The molecule has 1 saturated heterocycles. The first-order valence-corrected chi connectivity index (χ1v) is 9.92. The first-order valence-electron chi connectivity index (χ1n) is 9.16. The van der Waals surface area contributed by atoms with Crippen LogP contribution in [0.4, 0.5) is 4.79 Å². The number of carbonyl (C=O) groups excluding carboxylic acids is 4.